The van der Waals surface area contributed by atoms with Crippen molar-refractivity contribution in [1.29, 1.82) is 0 Å². The van der Waals surface area contributed by atoms with E-state index in [0.717, 1.165) is 0 Å². The topological polar surface area (TPSA) is 117 Å². The zero-order valence-corrected chi connectivity index (χ0v) is 19.7. The Balaban J connectivity index is 1.89. The molecule has 2 rings (SSSR count). The molecule has 3 N–H and O–H groups in total. The van der Waals surface area contributed by atoms with Crippen molar-refractivity contribution in [2.75, 3.05) is 18.4 Å². The summed E-state index contributed by atoms with van der Waals surface area (Å²) in [6, 6.07) is 7.07. The van der Waals surface area contributed by atoms with Crippen LogP contribution in [0, 0.1) is 5.92 Å². The van der Waals surface area contributed by atoms with Crippen LogP contribution in [0.15, 0.2) is 24.3 Å². The van der Waals surface area contributed by atoms with Gasteiger partial charge in [-0.3, -0.25) is 14.4 Å². The number of hydrogen-bond donors (Lipinski definition) is 3. The van der Waals surface area contributed by atoms with Gasteiger partial charge in [-0.1, -0.05) is 18.2 Å². The molecule has 1 aromatic carbocycles. The van der Waals surface area contributed by atoms with Crippen LogP contribution in [0.5, 0.6) is 0 Å². The number of nitrogens with zero attached hydrogens (tertiary/aromatic N) is 1. The average molecular weight is 447 g/mol. The number of nitrogens with one attached hydrogen (secondary N) is 3. The summed E-state index contributed by atoms with van der Waals surface area (Å²) < 4.78 is 5.11. The molecule has 0 bridgehead atoms. The lowest BCUT2D eigenvalue weighted by Gasteiger charge is -2.31. The maximum atomic E-state index is 12.6. The Morgan fingerprint density at radius 2 is 1.72 bits per heavy atom. The second kappa shape index (κ2) is 10.0. The summed E-state index contributed by atoms with van der Waals surface area (Å²) >= 11 is 0. The molecule has 1 saturated heterocycles. The Morgan fingerprint density at radius 3 is 2.31 bits per heavy atom. The predicted molar refractivity (Wildman–Crippen MR) is 121 cm³/mol. The molecule has 0 aromatic heterocycles. The van der Waals surface area contributed by atoms with E-state index in [9.17, 15) is 19.2 Å². The lowest BCUT2D eigenvalue weighted by atomic mass is 10.1. The first-order valence-corrected chi connectivity index (χ1v) is 10.7. The highest BCUT2D eigenvalue weighted by atomic mass is 16.6. The Kier molecular flexibility index (Phi) is 7.87. The molecule has 1 fully saturated rings. The summed E-state index contributed by atoms with van der Waals surface area (Å²) in [5.41, 5.74) is 0.265. The second-order valence-electron chi connectivity index (χ2n) is 9.85. The number of likely N-dealkylation sites (tertiary alicyclic amines) is 1. The molecule has 32 heavy (non-hydrogen) atoms. The molecule has 0 spiro atoms. The van der Waals surface area contributed by atoms with Crippen molar-refractivity contribution in [2.24, 2.45) is 5.92 Å². The number of hydrogen-bond acceptors (Lipinski definition) is 5. The van der Waals surface area contributed by atoms with Gasteiger partial charge in [-0.25, -0.2) is 4.79 Å². The Morgan fingerprint density at radius 1 is 1.06 bits per heavy atom. The minimum atomic E-state index is -0.677. The molecule has 0 radical (unpaired) electrons. The number of amides is 4. The summed E-state index contributed by atoms with van der Waals surface area (Å²) in [5, 5.41) is 8.00. The van der Waals surface area contributed by atoms with Gasteiger partial charge in [-0.05, 0) is 53.2 Å². The third kappa shape index (κ3) is 7.55. The first-order chi connectivity index (χ1) is 14.8. The van der Waals surface area contributed by atoms with Crippen LogP contribution >= 0.6 is 0 Å². The van der Waals surface area contributed by atoms with Crippen LogP contribution in [0.1, 0.15) is 53.5 Å². The molecule has 9 nitrogen and oxygen atoms in total. The van der Waals surface area contributed by atoms with Gasteiger partial charge in [-0.2, -0.15) is 0 Å². The van der Waals surface area contributed by atoms with Crippen molar-refractivity contribution in [3.05, 3.63) is 29.8 Å². The lowest BCUT2D eigenvalue weighted by Crippen LogP contribution is -2.43. The molecule has 4 amide bonds. The van der Waals surface area contributed by atoms with Crippen LogP contribution < -0.4 is 16.0 Å². The SMILES string of the molecule is CC(C)(C)OC(=O)NCC(=O)Nc1ccccc1CNC(=O)C1CC(=O)N(C(C)(C)C)C1. The van der Waals surface area contributed by atoms with Crippen molar-refractivity contribution < 1.29 is 23.9 Å². The third-order valence-corrected chi connectivity index (χ3v) is 4.84. The number of rotatable bonds is 6. The predicted octanol–water partition coefficient (Wildman–Crippen LogP) is 2.41. The van der Waals surface area contributed by atoms with E-state index in [-0.39, 0.29) is 36.9 Å². The van der Waals surface area contributed by atoms with Crippen molar-refractivity contribution in [2.45, 2.75) is 65.6 Å². The van der Waals surface area contributed by atoms with Crippen LogP contribution in [0.4, 0.5) is 10.5 Å². The number of alkyl carbamates (subject to hydrolysis) is 1. The molecule has 1 atom stereocenters. The van der Waals surface area contributed by atoms with Gasteiger partial charge in [-0.15, -0.1) is 0 Å². The van der Waals surface area contributed by atoms with Gasteiger partial charge in [0.15, 0.2) is 0 Å². The van der Waals surface area contributed by atoms with Crippen LogP contribution in [-0.4, -0.2) is 52.9 Å². The summed E-state index contributed by atoms with van der Waals surface area (Å²) in [5.74, 6) is -1.04. The summed E-state index contributed by atoms with van der Waals surface area (Å²) in [6.07, 6.45) is -0.485. The van der Waals surface area contributed by atoms with E-state index in [4.69, 9.17) is 4.74 Å². The minimum absolute atomic E-state index is 0.0252. The van der Waals surface area contributed by atoms with Crippen molar-refractivity contribution >= 4 is 29.5 Å². The van der Waals surface area contributed by atoms with Crippen molar-refractivity contribution in [3.63, 3.8) is 0 Å². The van der Waals surface area contributed by atoms with Gasteiger partial charge < -0.3 is 25.6 Å². The number of carbonyl (C=O) groups excluding carboxylic acids is 4. The number of para-hydroxylation sites is 1. The summed E-state index contributed by atoms with van der Waals surface area (Å²) in [7, 11) is 0. The molecule has 1 heterocycles. The van der Waals surface area contributed by atoms with Gasteiger partial charge in [0.05, 0.1) is 5.92 Å². The van der Waals surface area contributed by atoms with Gasteiger partial charge in [0, 0.05) is 30.7 Å². The second-order valence-corrected chi connectivity index (χ2v) is 9.85. The fourth-order valence-electron chi connectivity index (χ4n) is 3.32. The molecule has 0 aliphatic carbocycles. The third-order valence-electron chi connectivity index (χ3n) is 4.84. The lowest BCUT2D eigenvalue weighted by molar-refractivity contribution is -0.132. The number of carbonyl (C=O) groups is 4. The molecule has 1 aromatic rings. The van der Waals surface area contributed by atoms with Gasteiger partial charge >= 0.3 is 6.09 Å². The largest absolute Gasteiger partial charge is 0.444 e. The molecule has 1 aliphatic heterocycles. The van der Waals surface area contributed by atoms with E-state index in [0.29, 0.717) is 17.8 Å². The van der Waals surface area contributed by atoms with Crippen molar-refractivity contribution in [1.82, 2.24) is 15.5 Å². The number of anilines is 1. The smallest absolute Gasteiger partial charge is 0.408 e. The summed E-state index contributed by atoms with van der Waals surface area (Å²) in [6.45, 7) is 11.4. The van der Waals surface area contributed by atoms with Crippen LogP contribution in [0.3, 0.4) is 0 Å². The number of ether oxygens (including phenoxy) is 1. The summed E-state index contributed by atoms with van der Waals surface area (Å²) in [4.78, 5) is 50.5. The van der Waals surface area contributed by atoms with Crippen LogP contribution in [-0.2, 0) is 25.7 Å². The standard InChI is InChI=1S/C23H34N4O5/c1-22(2,3)27-14-16(11-19(27)29)20(30)24-12-15-9-7-8-10-17(15)26-18(28)13-25-21(31)32-23(4,5)6/h7-10,16H,11-14H2,1-6H3,(H,24,30)(H,25,31)(H,26,28). The van der Waals surface area contributed by atoms with E-state index >= 15 is 0 Å². The van der Waals surface area contributed by atoms with Crippen molar-refractivity contribution in [3.8, 4) is 0 Å². The molecule has 1 unspecified atom stereocenters. The van der Waals surface area contributed by atoms with Crippen LogP contribution in [0.25, 0.3) is 0 Å². The van der Waals surface area contributed by atoms with E-state index in [2.05, 4.69) is 16.0 Å². The quantitative estimate of drug-likeness (QED) is 0.620. The average Bonchev–Trinajstić information content (AvgIpc) is 3.06. The molecular weight excluding hydrogens is 412 g/mol. The van der Waals surface area contributed by atoms with E-state index in [1.165, 1.54) is 0 Å². The monoisotopic (exact) mass is 446 g/mol. The zero-order chi connectivity index (χ0) is 24.1. The maximum Gasteiger partial charge on any atom is 0.408 e. The first kappa shape index (κ1) is 25.2. The number of benzene rings is 1. The molecular formula is C23H34N4O5. The highest BCUT2D eigenvalue weighted by molar-refractivity contribution is 5.94. The highest BCUT2D eigenvalue weighted by Gasteiger charge is 2.39. The molecule has 0 saturated carbocycles. The van der Waals surface area contributed by atoms with Gasteiger partial charge in [0.25, 0.3) is 0 Å². The van der Waals surface area contributed by atoms with Gasteiger partial charge in [0.2, 0.25) is 17.7 Å². The van der Waals surface area contributed by atoms with E-state index in [1.54, 1.807) is 49.9 Å². The molecule has 9 heteroatoms. The molecule has 1 aliphatic rings. The highest BCUT2D eigenvalue weighted by Crippen LogP contribution is 2.26. The minimum Gasteiger partial charge on any atom is -0.444 e. The zero-order valence-electron chi connectivity index (χ0n) is 19.7. The maximum absolute atomic E-state index is 12.6. The Labute approximate surface area is 189 Å². The first-order valence-electron chi connectivity index (χ1n) is 10.7. The Bertz CT molecular complexity index is 870. The van der Waals surface area contributed by atoms with Gasteiger partial charge in [0.1, 0.15) is 12.1 Å². The Hall–Kier alpha value is -3.10. The van der Waals surface area contributed by atoms with Crippen LogP contribution in [0.2, 0.25) is 0 Å². The molecule has 176 valence electrons. The van der Waals surface area contributed by atoms with E-state index in [1.807, 2.05) is 20.8 Å². The normalized spacial score (nSPS) is 16.5. The fraction of sp³-hybridized carbons (Fsp3) is 0.565. The fourth-order valence-corrected chi connectivity index (χ4v) is 3.32. The van der Waals surface area contributed by atoms with E-state index < -0.39 is 23.5 Å².